The van der Waals surface area contributed by atoms with Crippen molar-refractivity contribution in [3.05, 3.63) is 0 Å². The second kappa shape index (κ2) is 65.5. The minimum Gasteiger partial charge on any atom is -0.394 e. The average molecular weight is 1790 g/mol. The van der Waals surface area contributed by atoms with Crippen molar-refractivity contribution in [2.45, 2.75) is 308 Å². The van der Waals surface area contributed by atoms with E-state index in [1.54, 1.807) is 81.7 Å². The van der Waals surface area contributed by atoms with Crippen LogP contribution in [-0.4, -0.2) is 272 Å². The lowest BCUT2D eigenvalue weighted by Crippen LogP contribution is -2.62. The van der Waals surface area contributed by atoms with Crippen LogP contribution in [0.1, 0.15) is 217 Å². The molecule has 0 radical (unpaired) electrons. The van der Waals surface area contributed by atoms with Gasteiger partial charge in [0.15, 0.2) is 0 Å². The van der Waals surface area contributed by atoms with Crippen LogP contribution in [-0.2, 0) is 76.7 Å². The maximum absolute atomic E-state index is 14.7. The Bertz CT molecular complexity index is 3250. The number of unbranched alkanes of at least 4 members (excludes halogenated alkanes) is 5. The van der Waals surface area contributed by atoms with E-state index in [1.165, 1.54) is 30.4 Å². The van der Waals surface area contributed by atoms with E-state index in [0.717, 1.165) is 0 Å². The van der Waals surface area contributed by atoms with E-state index in [4.69, 9.17) is 40.1 Å². The van der Waals surface area contributed by atoms with Crippen LogP contribution in [0.15, 0.2) is 0 Å². The summed E-state index contributed by atoms with van der Waals surface area (Å²) in [5, 5.41) is 60.6. The zero-order valence-electron chi connectivity index (χ0n) is 75.0. The highest BCUT2D eigenvalue weighted by Gasteiger charge is 2.40. The Hall–Kier alpha value is -8.10. The fraction of sp³-hybridized carbons (Fsp3) is 0.802. The van der Waals surface area contributed by atoms with E-state index in [2.05, 4.69) is 79.8 Å². The summed E-state index contributed by atoms with van der Waals surface area (Å²) in [7, 11) is 0. The van der Waals surface area contributed by atoms with E-state index in [-0.39, 0.29) is 95.2 Å². The Morgan fingerprint density at radius 3 is 0.789 bits per heavy atom. The first-order chi connectivity index (χ1) is 58.3. The molecule has 0 aliphatic rings. The maximum Gasteiger partial charge on any atom is 0.245 e. The minimum atomic E-state index is -1.78. The number of primary amides is 1. The highest BCUT2D eigenvalue weighted by Crippen LogP contribution is 2.19. The number of nitrogens with two attached hydrogens (primary N) is 7. The van der Waals surface area contributed by atoms with E-state index in [0.29, 0.717) is 108 Å². The molecular formula is C81H154N22O18S2. The SMILES string of the molecule is CC[C@H](C)[C@H](NC(=O)CN)C(=O)N[C@@H](CCSC)C(=O)N[C@@H](CO)C(=O)N[C@@H](CO)C(=O)N[C@@H](CC(C)C)C(=O)N[C@@H](CCSC)C(=O)N[C@@H](CCCCN)C(=O)N[C@@H](CCCCN)C(=O)N[C@@H](CC(C)C)C(=O)N[C@@H](C)C(=O)N[C@@H](CCCCN)C(=O)N[C@H](C(=O)N[C@H](C(=O)N[C@@H](CCCCN)C(=O)N[C@@H](CCCCN)C(N)=O)[C@@H](C)CC)[C@@H](C)CC. The van der Waals surface area contributed by atoms with Gasteiger partial charge in [-0.1, -0.05) is 88.5 Å². The summed E-state index contributed by atoms with van der Waals surface area (Å²) in [6.45, 7) is 17.9. The average Bonchev–Trinajstić information content (AvgIpc) is 0.789. The van der Waals surface area contributed by atoms with Crippen molar-refractivity contribution in [3.63, 3.8) is 0 Å². The second-order valence-electron chi connectivity index (χ2n) is 32.3. The predicted molar refractivity (Wildman–Crippen MR) is 475 cm³/mol. The second-order valence-corrected chi connectivity index (χ2v) is 34.3. The number of hydrogen-bond donors (Lipinski definition) is 24. The van der Waals surface area contributed by atoms with Gasteiger partial charge in [-0.05, 0) is 215 Å². The molecule has 708 valence electrons. The normalized spacial score (nSPS) is 15.8. The van der Waals surface area contributed by atoms with Gasteiger partial charge in [0.1, 0.15) is 90.6 Å². The van der Waals surface area contributed by atoms with Gasteiger partial charge in [-0.25, -0.2) is 0 Å². The molecule has 0 aromatic heterocycles. The van der Waals surface area contributed by atoms with Crippen molar-refractivity contribution in [2.75, 3.05) is 76.5 Å². The van der Waals surface area contributed by atoms with Crippen LogP contribution in [0.5, 0.6) is 0 Å². The van der Waals surface area contributed by atoms with Crippen LogP contribution in [0.25, 0.3) is 0 Å². The first-order valence-corrected chi connectivity index (χ1v) is 46.4. The van der Waals surface area contributed by atoms with Gasteiger partial charge < -0.3 is 130 Å². The number of rotatable bonds is 69. The molecule has 42 heteroatoms. The van der Waals surface area contributed by atoms with Gasteiger partial charge in [-0.15, -0.1) is 0 Å². The number of aliphatic hydroxyl groups excluding tert-OH is 2. The predicted octanol–water partition coefficient (Wildman–Crippen LogP) is -3.91. The molecule has 40 nitrogen and oxygen atoms in total. The molecule has 0 saturated heterocycles. The molecule has 31 N–H and O–H groups in total. The van der Waals surface area contributed by atoms with Crippen molar-refractivity contribution < 1.29 is 86.9 Å². The van der Waals surface area contributed by atoms with Gasteiger partial charge in [-0.3, -0.25) is 76.7 Å². The van der Waals surface area contributed by atoms with Gasteiger partial charge in [0, 0.05) is 0 Å². The molecule has 0 saturated carbocycles. The zero-order valence-corrected chi connectivity index (χ0v) is 76.6. The molecule has 16 amide bonds. The lowest BCUT2D eigenvalue weighted by atomic mass is 9.94. The largest absolute Gasteiger partial charge is 0.394 e. The van der Waals surface area contributed by atoms with Gasteiger partial charge in [0.25, 0.3) is 0 Å². The van der Waals surface area contributed by atoms with E-state index in [9.17, 15) is 86.9 Å². The Morgan fingerprint density at radius 1 is 0.276 bits per heavy atom. The molecule has 0 aliphatic heterocycles. The van der Waals surface area contributed by atoms with Gasteiger partial charge in [0.05, 0.1) is 19.8 Å². The Balaban J connectivity index is 7.05. The summed E-state index contributed by atoms with van der Waals surface area (Å²) in [6.07, 6.45) is 9.36. The molecule has 0 aromatic rings. The van der Waals surface area contributed by atoms with Gasteiger partial charge >= 0.3 is 0 Å². The summed E-state index contributed by atoms with van der Waals surface area (Å²) >= 11 is 2.69. The number of hydrogen-bond acceptors (Lipinski definition) is 26. The first-order valence-electron chi connectivity index (χ1n) is 43.6. The third-order valence-electron chi connectivity index (χ3n) is 21.1. The van der Waals surface area contributed by atoms with E-state index < -0.39 is 217 Å². The molecule has 0 bridgehead atoms. The summed E-state index contributed by atoms with van der Waals surface area (Å²) < 4.78 is 0. The lowest BCUT2D eigenvalue weighted by Gasteiger charge is -2.31. The van der Waals surface area contributed by atoms with Gasteiger partial charge in [-0.2, -0.15) is 23.5 Å². The molecule has 0 heterocycles. The number of aliphatic hydroxyl groups is 2. The molecule has 18 atom stereocenters. The highest BCUT2D eigenvalue weighted by atomic mass is 32.2. The van der Waals surface area contributed by atoms with E-state index >= 15 is 0 Å². The lowest BCUT2D eigenvalue weighted by molar-refractivity contribution is -0.137. The van der Waals surface area contributed by atoms with Crippen molar-refractivity contribution >= 4 is 118 Å². The fourth-order valence-corrected chi connectivity index (χ4v) is 13.8. The zero-order chi connectivity index (χ0) is 93.4. The molecule has 0 fully saturated rings. The van der Waals surface area contributed by atoms with Crippen LogP contribution in [0.4, 0.5) is 0 Å². The summed E-state index contributed by atoms with van der Waals surface area (Å²) in [6, 6.07) is -20.0. The number of carbonyl (C=O) groups excluding carboxylic acids is 16. The molecular weight excluding hydrogens is 1630 g/mol. The Morgan fingerprint density at radius 2 is 0.504 bits per heavy atom. The quantitative estimate of drug-likeness (QED) is 0.0259. The summed E-state index contributed by atoms with van der Waals surface area (Å²) in [4.78, 5) is 224. The monoisotopic (exact) mass is 1790 g/mol. The molecule has 123 heavy (non-hydrogen) atoms. The first kappa shape index (κ1) is 115. The molecule has 0 spiro atoms. The summed E-state index contributed by atoms with van der Waals surface area (Å²) in [5.74, 6) is -14.3. The van der Waals surface area contributed by atoms with Crippen molar-refractivity contribution in [2.24, 2.45) is 69.7 Å². The smallest absolute Gasteiger partial charge is 0.245 e. The van der Waals surface area contributed by atoms with Gasteiger partial charge in [0.2, 0.25) is 94.5 Å². The van der Waals surface area contributed by atoms with Crippen LogP contribution in [0.3, 0.4) is 0 Å². The van der Waals surface area contributed by atoms with Crippen LogP contribution >= 0.6 is 23.5 Å². The third kappa shape index (κ3) is 45.6. The van der Waals surface area contributed by atoms with Crippen LogP contribution in [0, 0.1) is 29.6 Å². The number of thioether (sulfide) groups is 2. The topological polar surface area (TPSA) is 676 Å². The van der Waals surface area contributed by atoms with Crippen LogP contribution < -0.4 is 120 Å². The Kier molecular flexibility index (Phi) is 61.2. The fourth-order valence-electron chi connectivity index (χ4n) is 12.8. The highest BCUT2D eigenvalue weighted by molar-refractivity contribution is 7.98. The maximum atomic E-state index is 14.7. The Labute approximate surface area is 735 Å². The minimum absolute atomic E-state index is 0.00365. The number of nitrogens with one attached hydrogen (secondary N) is 15. The standard InChI is InChI=1S/C81H154N22O18S2/c1-14-48(8)64(101-63(106)43-87)79(119)96-58(33-40-123-13)73(113)99-62(45-105)78(118)100-61(44-104)77(117)98-60(42-47(6)7)76(116)94-57(32-39-122-12)72(112)93-53(28-18-23-35-83)70(110)92-54(29-19-24-36-84)71(111)97-59(41-46(4)5)75(115)89-51(11)68(108)91-56(31-21-26-38-86)74(114)102-66(50(10)16-3)81(121)103-65(49(9)15-2)80(120)95-55(30-20-25-37-85)69(109)90-52(67(88)107)27-17-22-34-82/h46-62,64-66,104-105H,14-45,82-87H2,1-13H3,(H2,88,107)(H,89,115)(H,90,109)(H,91,108)(H,92,110)(H,93,112)(H,94,116)(H,95,120)(H,96,119)(H,97,111)(H,98,117)(H,99,113)(H,100,118)(H,101,106)(H,102,114)(H,103,121)/t48-,49-,50-,51-,52-,53-,54-,55-,56-,57-,58-,59-,60-,61-,62-,64-,65-,66-/m0/s1. The van der Waals surface area contributed by atoms with Crippen molar-refractivity contribution in [1.29, 1.82) is 0 Å². The van der Waals surface area contributed by atoms with E-state index in [1.807, 2.05) is 0 Å². The number of carbonyl (C=O) groups is 16. The number of amides is 16. The van der Waals surface area contributed by atoms with Crippen molar-refractivity contribution in [3.8, 4) is 0 Å². The third-order valence-corrected chi connectivity index (χ3v) is 22.3. The molecule has 0 unspecified atom stereocenters. The van der Waals surface area contributed by atoms with Crippen molar-refractivity contribution in [1.82, 2.24) is 79.8 Å². The molecule has 0 aromatic carbocycles. The summed E-state index contributed by atoms with van der Waals surface area (Å²) in [5.41, 5.74) is 40.2. The van der Waals surface area contributed by atoms with Crippen LogP contribution in [0.2, 0.25) is 0 Å². The molecule has 0 rings (SSSR count). The molecule has 0 aliphatic carbocycles.